The zero-order chi connectivity index (χ0) is 17.1. The molecule has 24 heavy (non-hydrogen) atoms. The van der Waals surface area contributed by atoms with E-state index in [4.69, 9.17) is 10.5 Å². The van der Waals surface area contributed by atoms with Crippen LogP contribution in [0.2, 0.25) is 0 Å². The molecule has 0 spiro atoms. The predicted molar refractivity (Wildman–Crippen MR) is 92.4 cm³/mol. The highest BCUT2D eigenvalue weighted by Gasteiger charge is 2.34. The van der Waals surface area contributed by atoms with Crippen LogP contribution in [0.15, 0.2) is 36.5 Å². The summed E-state index contributed by atoms with van der Waals surface area (Å²) in [5.74, 6) is 0.794. The Hall–Kier alpha value is -2.34. The first-order valence-electron chi connectivity index (χ1n) is 8.43. The molecule has 1 amide bonds. The van der Waals surface area contributed by atoms with Crippen LogP contribution in [0.5, 0.6) is 5.75 Å². The molecule has 1 aromatic heterocycles. The fraction of sp³-hybridized carbons (Fsp3) is 0.444. The van der Waals surface area contributed by atoms with E-state index in [1.165, 1.54) is 0 Å². The van der Waals surface area contributed by atoms with Gasteiger partial charge in [0.05, 0.1) is 18.5 Å². The molecule has 1 aliphatic rings. The van der Waals surface area contributed by atoms with Crippen molar-refractivity contribution in [2.75, 3.05) is 19.7 Å². The summed E-state index contributed by atoms with van der Waals surface area (Å²) in [5.41, 5.74) is 7.03. The van der Waals surface area contributed by atoms with Crippen LogP contribution in [0.25, 0.3) is 5.69 Å². The minimum absolute atomic E-state index is 0.0865. The molecular formula is C18H24N4O2. The van der Waals surface area contributed by atoms with Gasteiger partial charge in [-0.25, -0.2) is 4.68 Å². The molecule has 2 aromatic rings. The Morgan fingerprint density at radius 2 is 2.12 bits per heavy atom. The van der Waals surface area contributed by atoms with Gasteiger partial charge in [-0.15, -0.1) is 0 Å². The van der Waals surface area contributed by atoms with Gasteiger partial charge < -0.3 is 15.4 Å². The number of amides is 1. The van der Waals surface area contributed by atoms with E-state index in [1.54, 1.807) is 10.9 Å². The van der Waals surface area contributed by atoms with E-state index in [9.17, 15) is 4.79 Å². The van der Waals surface area contributed by atoms with Crippen LogP contribution in [0, 0.1) is 5.92 Å². The lowest BCUT2D eigenvalue weighted by Gasteiger charge is -2.20. The minimum Gasteiger partial charge on any atom is -0.490 e. The summed E-state index contributed by atoms with van der Waals surface area (Å²) in [6, 6.07) is 9.88. The van der Waals surface area contributed by atoms with Crippen LogP contribution < -0.4 is 10.5 Å². The second kappa shape index (κ2) is 7.05. The Morgan fingerprint density at radius 1 is 1.38 bits per heavy atom. The third-order valence-electron chi connectivity index (χ3n) is 4.46. The fourth-order valence-electron chi connectivity index (χ4n) is 3.21. The lowest BCUT2D eigenvalue weighted by molar-refractivity contribution is 0.0733. The first-order valence-corrected chi connectivity index (χ1v) is 8.43. The van der Waals surface area contributed by atoms with Crippen molar-refractivity contribution >= 4 is 5.91 Å². The SMILES string of the molecule is CCOc1cn(-c2ccccc2)nc1C(=O)N1CC(CN)CC1C. The first-order chi connectivity index (χ1) is 11.6. The monoisotopic (exact) mass is 328 g/mol. The Labute approximate surface area is 142 Å². The second-order valence-corrected chi connectivity index (χ2v) is 6.20. The van der Waals surface area contributed by atoms with Crippen molar-refractivity contribution in [3.63, 3.8) is 0 Å². The van der Waals surface area contributed by atoms with E-state index < -0.39 is 0 Å². The number of ether oxygens (including phenoxy) is 1. The summed E-state index contributed by atoms with van der Waals surface area (Å²) in [5, 5.41) is 4.50. The summed E-state index contributed by atoms with van der Waals surface area (Å²) >= 11 is 0. The molecule has 0 saturated carbocycles. The number of carbonyl (C=O) groups excluding carboxylic acids is 1. The lowest BCUT2D eigenvalue weighted by Crippen LogP contribution is -2.35. The third-order valence-corrected chi connectivity index (χ3v) is 4.46. The number of hydrogen-bond donors (Lipinski definition) is 1. The van der Waals surface area contributed by atoms with E-state index in [0.29, 0.717) is 37.1 Å². The molecule has 2 heterocycles. The molecular weight excluding hydrogens is 304 g/mol. The van der Waals surface area contributed by atoms with Gasteiger partial charge in [-0.1, -0.05) is 18.2 Å². The normalized spacial score (nSPS) is 20.4. The number of rotatable bonds is 5. The van der Waals surface area contributed by atoms with E-state index in [-0.39, 0.29) is 11.9 Å². The molecule has 6 nitrogen and oxygen atoms in total. The van der Waals surface area contributed by atoms with Crippen molar-refractivity contribution in [3.8, 4) is 11.4 Å². The molecule has 2 unspecified atom stereocenters. The van der Waals surface area contributed by atoms with Crippen molar-refractivity contribution in [1.29, 1.82) is 0 Å². The number of nitrogens with two attached hydrogens (primary N) is 1. The molecule has 3 rings (SSSR count). The van der Waals surface area contributed by atoms with Gasteiger partial charge in [-0.3, -0.25) is 4.79 Å². The van der Waals surface area contributed by atoms with Gasteiger partial charge in [0, 0.05) is 12.6 Å². The summed E-state index contributed by atoms with van der Waals surface area (Å²) in [7, 11) is 0. The third kappa shape index (κ3) is 3.14. The first kappa shape index (κ1) is 16.5. The smallest absolute Gasteiger partial charge is 0.278 e. The lowest BCUT2D eigenvalue weighted by atomic mass is 10.1. The highest BCUT2D eigenvalue weighted by molar-refractivity contribution is 5.95. The van der Waals surface area contributed by atoms with E-state index in [1.807, 2.05) is 42.2 Å². The fourth-order valence-corrected chi connectivity index (χ4v) is 3.21. The van der Waals surface area contributed by atoms with Crippen molar-refractivity contribution in [2.24, 2.45) is 11.7 Å². The molecule has 2 atom stereocenters. The van der Waals surface area contributed by atoms with Crippen molar-refractivity contribution < 1.29 is 9.53 Å². The van der Waals surface area contributed by atoms with E-state index >= 15 is 0 Å². The molecule has 1 aliphatic heterocycles. The van der Waals surface area contributed by atoms with Crippen molar-refractivity contribution in [3.05, 3.63) is 42.2 Å². The number of hydrogen-bond acceptors (Lipinski definition) is 4. The highest BCUT2D eigenvalue weighted by Crippen LogP contribution is 2.27. The summed E-state index contributed by atoms with van der Waals surface area (Å²) in [4.78, 5) is 14.8. The van der Waals surface area contributed by atoms with Crippen LogP contribution in [0.1, 0.15) is 30.8 Å². The Balaban J connectivity index is 1.91. The van der Waals surface area contributed by atoms with Crippen LogP contribution in [0.3, 0.4) is 0 Å². The molecule has 1 fully saturated rings. The van der Waals surface area contributed by atoms with Crippen LogP contribution in [0.4, 0.5) is 0 Å². The van der Waals surface area contributed by atoms with Gasteiger partial charge in [0.25, 0.3) is 5.91 Å². The predicted octanol–water partition coefficient (Wildman–Crippen LogP) is 2.08. The van der Waals surface area contributed by atoms with E-state index in [0.717, 1.165) is 12.1 Å². The average Bonchev–Trinajstić information content (AvgIpc) is 3.19. The maximum Gasteiger partial charge on any atom is 0.278 e. The van der Waals surface area contributed by atoms with Gasteiger partial charge >= 0.3 is 0 Å². The number of carbonyl (C=O) groups is 1. The largest absolute Gasteiger partial charge is 0.490 e. The van der Waals surface area contributed by atoms with Crippen LogP contribution in [-0.2, 0) is 0 Å². The Kier molecular flexibility index (Phi) is 4.85. The zero-order valence-corrected chi connectivity index (χ0v) is 14.2. The maximum absolute atomic E-state index is 13.0. The molecule has 0 aliphatic carbocycles. The summed E-state index contributed by atoms with van der Waals surface area (Å²) in [6.07, 6.45) is 2.71. The van der Waals surface area contributed by atoms with Crippen LogP contribution in [-0.4, -0.2) is 46.3 Å². The molecule has 1 aromatic carbocycles. The zero-order valence-electron chi connectivity index (χ0n) is 14.2. The number of para-hydroxylation sites is 1. The number of likely N-dealkylation sites (tertiary alicyclic amines) is 1. The summed E-state index contributed by atoms with van der Waals surface area (Å²) < 4.78 is 7.35. The number of aromatic nitrogens is 2. The second-order valence-electron chi connectivity index (χ2n) is 6.20. The Bertz CT molecular complexity index is 698. The van der Waals surface area contributed by atoms with Crippen molar-refractivity contribution in [2.45, 2.75) is 26.3 Å². The Morgan fingerprint density at radius 3 is 2.75 bits per heavy atom. The van der Waals surface area contributed by atoms with Gasteiger partial charge in [0.2, 0.25) is 0 Å². The highest BCUT2D eigenvalue weighted by atomic mass is 16.5. The van der Waals surface area contributed by atoms with Gasteiger partial charge in [-0.2, -0.15) is 5.10 Å². The summed E-state index contributed by atoms with van der Waals surface area (Å²) in [6.45, 7) is 5.73. The van der Waals surface area contributed by atoms with Gasteiger partial charge in [0.1, 0.15) is 0 Å². The maximum atomic E-state index is 13.0. The topological polar surface area (TPSA) is 73.4 Å². The molecule has 6 heteroatoms. The van der Waals surface area contributed by atoms with Gasteiger partial charge in [0.15, 0.2) is 11.4 Å². The van der Waals surface area contributed by atoms with Gasteiger partial charge in [-0.05, 0) is 44.9 Å². The minimum atomic E-state index is -0.0865. The van der Waals surface area contributed by atoms with Crippen molar-refractivity contribution in [1.82, 2.24) is 14.7 Å². The molecule has 0 bridgehead atoms. The molecule has 2 N–H and O–H groups in total. The number of nitrogens with zero attached hydrogens (tertiary/aromatic N) is 3. The average molecular weight is 328 g/mol. The molecule has 1 saturated heterocycles. The standard InChI is InChI=1S/C18H24N4O2/c1-3-24-16-12-22(15-7-5-4-6-8-15)20-17(16)18(23)21-11-14(10-19)9-13(21)2/h4-8,12-14H,3,9-11,19H2,1-2H3. The molecule has 128 valence electrons. The van der Waals surface area contributed by atoms with E-state index in [2.05, 4.69) is 12.0 Å². The number of benzene rings is 1. The van der Waals surface area contributed by atoms with Crippen LogP contribution >= 0.6 is 0 Å². The molecule has 0 radical (unpaired) electrons. The quantitative estimate of drug-likeness (QED) is 0.912.